The summed E-state index contributed by atoms with van der Waals surface area (Å²) in [5.74, 6) is -0.714. The summed E-state index contributed by atoms with van der Waals surface area (Å²) in [6.45, 7) is 4.80. The molecule has 5 heteroatoms. The molecule has 2 N–H and O–H groups in total. The van der Waals surface area contributed by atoms with Gasteiger partial charge in [-0.1, -0.05) is 13.0 Å². The Balaban J connectivity index is 2.89. The normalized spacial score (nSPS) is 12.0. The largest absolute Gasteiger partial charge is 0.383 e. The van der Waals surface area contributed by atoms with Crippen LogP contribution in [0.2, 0.25) is 0 Å². The number of rotatable bonds is 7. The molecule has 1 unspecified atom stereocenters. The van der Waals surface area contributed by atoms with Crippen LogP contribution in [0.25, 0.3) is 0 Å². The highest BCUT2D eigenvalue weighted by Gasteiger charge is 2.17. The van der Waals surface area contributed by atoms with Crippen molar-refractivity contribution in [2.75, 3.05) is 25.6 Å². The van der Waals surface area contributed by atoms with Crippen LogP contribution in [-0.2, 0) is 4.74 Å². The Hall–Kier alpha value is -1.62. The van der Waals surface area contributed by atoms with Crippen LogP contribution >= 0.6 is 0 Å². The van der Waals surface area contributed by atoms with E-state index >= 15 is 0 Å². The quantitative estimate of drug-likeness (QED) is 0.798. The predicted molar refractivity (Wildman–Crippen MR) is 74.0 cm³/mol. The Morgan fingerprint density at radius 3 is 2.74 bits per heavy atom. The first kappa shape index (κ1) is 15.4. The van der Waals surface area contributed by atoms with E-state index in [0.29, 0.717) is 18.7 Å². The highest BCUT2D eigenvalue weighted by molar-refractivity contribution is 5.99. The van der Waals surface area contributed by atoms with Crippen LogP contribution in [0, 0.1) is 5.82 Å². The van der Waals surface area contributed by atoms with E-state index in [1.54, 1.807) is 13.2 Å². The molecule has 0 aliphatic heterocycles. The molecule has 0 spiro atoms. The van der Waals surface area contributed by atoms with E-state index in [1.807, 2.05) is 13.8 Å². The number of methoxy groups -OCH3 is 1. The summed E-state index contributed by atoms with van der Waals surface area (Å²) < 4.78 is 18.7. The lowest BCUT2D eigenvalue weighted by Gasteiger charge is -2.17. The minimum atomic E-state index is -0.422. The van der Waals surface area contributed by atoms with Crippen molar-refractivity contribution in [3.8, 4) is 0 Å². The van der Waals surface area contributed by atoms with Crippen LogP contribution in [0.1, 0.15) is 30.6 Å². The third-order valence-corrected chi connectivity index (χ3v) is 2.81. The van der Waals surface area contributed by atoms with Crippen molar-refractivity contribution in [1.82, 2.24) is 5.32 Å². The maximum absolute atomic E-state index is 13.7. The first-order chi connectivity index (χ1) is 9.13. The fraction of sp³-hybridized carbons (Fsp3) is 0.500. The summed E-state index contributed by atoms with van der Waals surface area (Å²) >= 11 is 0. The Morgan fingerprint density at radius 2 is 2.16 bits per heavy atom. The van der Waals surface area contributed by atoms with Crippen molar-refractivity contribution < 1.29 is 13.9 Å². The van der Waals surface area contributed by atoms with Gasteiger partial charge >= 0.3 is 0 Å². The molecule has 0 aliphatic carbocycles. The number of nitrogens with one attached hydrogen (secondary N) is 2. The van der Waals surface area contributed by atoms with Crippen LogP contribution < -0.4 is 10.6 Å². The van der Waals surface area contributed by atoms with Gasteiger partial charge in [0.25, 0.3) is 5.91 Å². The lowest BCUT2D eigenvalue weighted by atomic mass is 10.1. The van der Waals surface area contributed by atoms with Gasteiger partial charge in [-0.25, -0.2) is 4.39 Å². The topological polar surface area (TPSA) is 50.4 Å². The predicted octanol–water partition coefficient (Wildman–Crippen LogP) is 2.41. The second kappa shape index (κ2) is 7.74. The van der Waals surface area contributed by atoms with Gasteiger partial charge in [0.05, 0.1) is 23.9 Å². The number of ether oxygens (including phenoxy) is 1. The standard InChI is InChI=1S/C14H21FN2O2/c1-4-10(9-19-3)17-14(18)11-7-6-8-12(15)13(11)16-5-2/h6-8,10,16H,4-5,9H2,1-3H3,(H,17,18). The summed E-state index contributed by atoms with van der Waals surface area (Å²) in [5.41, 5.74) is 0.561. The minimum Gasteiger partial charge on any atom is -0.383 e. The number of hydrogen-bond acceptors (Lipinski definition) is 3. The van der Waals surface area contributed by atoms with Gasteiger partial charge in [0.1, 0.15) is 5.82 Å². The monoisotopic (exact) mass is 268 g/mol. The number of anilines is 1. The second-order valence-electron chi connectivity index (χ2n) is 4.23. The van der Waals surface area contributed by atoms with Gasteiger partial charge in [0, 0.05) is 13.7 Å². The Bertz CT molecular complexity index is 424. The molecule has 0 fully saturated rings. The summed E-state index contributed by atoms with van der Waals surface area (Å²) in [6, 6.07) is 4.40. The fourth-order valence-electron chi connectivity index (χ4n) is 1.80. The van der Waals surface area contributed by atoms with Crippen molar-refractivity contribution in [3.05, 3.63) is 29.6 Å². The molecule has 19 heavy (non-hydrogen) atoms. The van der Waals surface area contributed by atoms with Crippen LogP contribution in [0.3, 0.4) is 0 Å². The zero-order valence-corrected chi connectivity index (χ0v) is 11.6. The zero-order chi connectivity index (χ0) is 14.3. The molecule has 1 aromatic rings. The van der Waals surface area contributed by atoms with Crippen molar-refractivity contribution in [1.29, 1.82) is 0 Å². The molecule has 0 radical (unpaired) electrons. The van der Waals surface area contributed by atoms with Crippen LogP contribution in [0.15, 0.2) is 18.2 Å². The first-order valence-electron chi connectivity index (χ1n) is 6.46. The van der Waals surface area contributed by atoms with Gasteiger partial charge in [-0.3, -0.25) is 4.79 Å². The maximum Gasteiger partial charge on any atom is 0.253 e. The third kappa shape index (κ3) is 4.21. The molecule has 1 rings (SSSR count). The SMILES string of the molecule is CCNc1c(F)cccc1C(=O)NC(CC)COC. The lowest BCUT2D eigenvalue weighted by Crippen LogP contribution is -2.37. The van der Waals surface area contributed by atoms with E-state index in [0.717, 1.165) is 6.42 Å². The van der Waals surface area contributed by atoms with Crippen molar-refractivity contribution in [2.45, 2.75) is 26.3 Å². The smallest absolute Gasteiger partial charge is 0.253 e. The molecule has 0 saturated heterocycles. The molecule has 4 nitrogen and oxygen atoms in total. The van der Waals surface area contributed by atoms with Crippen LogP contribution in [0.4, 0.5) is 10.1 Å². The molecule has 1 aromatic carbocycles. The van der Waals surface area contributed by atoms with E-state index in [-0.39, 0.29) is 17.6 Å². The Morgan fingerprint density at radius 1 is 1.42 bits per heavy atom. The molecule has 0 heterocycles. The second-order valence-corrected chi connectivity index (χ2v) is 4.23. The van der Waals surface area contributed by atoms with Crippen LogP contribution in [0.5, 0.6) is 0 Å². The number of halogens is 1. The molecule has 1 amide bonds. The number of carbonyl (C=O) groups is 1. The van der Waals surface area contributed by atoms with Crippen LogP contribution in [-0.4, -0.2) is 32.2 Å². The average Bonchev–Trinajstić information content (AvgIpc) is 2.40. The van der Waals surface area contributed by atoms with Gasteiger partial charge in [-0.05, 0) is 25.5 Å². The molecular formula is C14H21FN2O2. The van der Waals surface area contributed by atoms with Crippen molar-refractivity contribution in [2.24, 2.45) is 0 Å². The highest BCUT2D eigenvalue weighted by atomic mass is 19.1. The van der Waals surface area contributed by atoms with Gasteiger partial charge in [-0.2, -0.15) is 0 Å². The van der Waals surface area contributed by atoms with Crippen molar-refractivity contribution in [3.63, 3.8) is 0 Å². The Kier molecular flexibility index (Phi) is 6.29. The number of amides is 1. The zero-order valence-electron chi connectivity index (χ0n) is 11.6. The van der Waals surface area contributed by atoms with E-state index in [4.69, 9.17) is 4.74 Å². The average molecular weight is 268 g/mol. The molecular weight excluding hydrogens is 247 g/mol. The first-order valence-corrected chi connectivity index (χ1v) is 6.46. The highest BCUT2D eigenvalue weighted by Crippen LogP contribution is 2.19. The summed E-state index contributed by atoms with van der Waals surface area (Å²) in [7, 11) is 1.58. The summed E-state index contributed by atoms with van der Waals surface area (Å²) in [4.78, 5) is 12.2. The summed E-state index contributed by atoms with van der Waals surface area (Å²) in [5, 5.41) is 5.72. The molecule has 1 atom stereocenters. The molecule has 106 valence electrons. The molecule has 0 bridgehead atoms. The lowest BCUT2D eigenvalue weighted by molar-refractivity contribution is 0.0895. The molecule has 0 saturated carbocycles. The minimum absolute atomic E-state index is 0.0738. The Labute approximate surface area is 113 Å². The van der Waals surface area contributed by atoms with E-state index in [2.05, 4.69) is 10.6 Å². The summed E-state index contributed by atoms with van der Waals surface area (Å²) in [6.07, 6.45) is 0.755. The fourth-order valence-corrected chi connectivity index (χ4v) is 1.80. The van der Waals surface area contributed by atoms with E-state index in [9.17, 15) is 9.18 Å². The number of para-hydroxylation sites is 1. The van der Waals surface area contributed by atoms with Gasteiger partial charge < -0.3 is 15.4 Å². The van der Waals surface area contributed by atoms with Gasteiger partial charge in [-0.15, -0.1) is 0 Å². The van der Waals surface area contributed by atoms with Crippen molar-refractivity contribution >= 4 is 11.6 Å². The maximum atomic E-state index is 13.7. The molecule has 0 aliphatic rings. The van der Waals surface area contributed by atoms with E-state index in [1.165, 1.54) is 12.1 Å². The van der Waals surface area contributed by atoms with E-state index < -0.39 is 5.82 Å². The third-order valence-electron chi connectivity index (χ3n) is 2.81. The molecule has 0 aromatic heterocycles. The number of hydrogen-bond donors (Lipinski definition) is 2. The van der Waals surface area contributed by atoms with Gasteiger partial charge in [0.15, 0.2) is 0 Å². The van der Waals surface area contributed by atoms with Gasteiger partial charge in [0.2, 0.25) is 0 Å². The number of benzene rings is 1. The number of carbonyl (C=O) groups excluding carboxylic acids is 1.